The zero-order valence-electron chi connectivity index (χ0n) is 12.4. The zero-order valence-corrected chi connectivity index (χ0v) is 13.9. The summed E-state index contributed by atoms with van der Waals surface area (Å²) in [7, 11) is 0. The number of anilines is 3. The van der Waals surface area contributed by atoms with E-state index in [1.165, 1.54) is 5.56 Å². The van der Waals surface area contributed by atoms with E-state index in [1.807, 2.05) is 19.1 Å². The van der Waals surface area contributed by atoms with Crippen molar-refractivity contribution in [1.29, 1.82) is 0 Å². The highest BCUT2D eigenvalue weighted by Crippen LogP contribution is 2.31. The topological polar surface area (TPSA) is 37.0 Å². The van der Waals surface area contributed by atoms with Crippen LogP contribution in [0.5, 0.6) is 0 Å². The zero-order chi connectivity index (χ0) is 15.4. The molecule has 0 aliphatic rings. The molecule has 1 heterocycles. The van der Waals surface area contributed by atoms with Gasteiger partial charge in [-0.2, -0.15) is 0 Å². The van der Waals surface area contributed by atoms with E-state index in [2.05, 4.69) is 41.6 Å². The molecule has 0 fully saturated rings. The van der Waals surface area contributed by atoms with E-state index in [-0.39, 0.29) is 0 Å². The van der Waals surface area contributed by atoms with Gasteiger partial charge in [0.05, 0.1) is 10.0 Å². The first kappa shape index (κ1) is 15.9. The van der Waals surface area contributed by atoms with Crippen molar-refractivity contribution >= 4 is 40.5 Å². The van der Waals surface area contributed by atoms with Crippen LogP contribution in [0.15, 0.2) is 30.3 Å². The van der Waals surface area contributed by atoms with Crippen molar-refractivity contribution in [2.24, 2.45) is 0 Å². The molecule has 2 N–H and O–H groups in total. The van der Waals surface area contributed by atoms with Gasteiger partial charge in [0.15, 0.2) is 5.82 Å². The van der Waals surface area contributed by atoms with Gasteiger partial charge in [0, 0.05) is 12.2 Å². The maximum atomic E-state index is 6.22. The van der Waals surface area contributed by atoms with Gasteiger partial charge in [-0.15, -0.1) is 0 Å². The van der Waals surface area contributed by atoms with Crippen LogP contribution in [0.25, 0.3) is 0 Å². The van der Waals surface area contributed by atoms with Crippen molar-refractivity contribution in [1.82, 2.24) is 4.98 Å². The number of rotatable bonds is 5. The first-order valence-electron chi connectivity index (χ1n) is 6.98. The molecule has 1 aromatic carbocycles. The number of pyridine rings is 1. The molecule has 5 heteroatoms. The van der Waals surface area contributed by atoms with Gasteiger partial charge in [-0.3, -0.25) is 0 Å². The summed E-state index contributed by atoms with van der Waals surface area (Å²) >= 11 is 12.3. The van der Waals surface area contributed by atoms with Gasteiger partial charge >= 0.3 is 0 Å². The van der Waals surface area contributed by atoms with Gasteiger partial charge in [-0.05, 0) is 36.6 Å². The predicted octanol–water partition coefficient (Wildman–Crippen LogP) is 5.69. The lowest BCUT2D eigenvalue weighted by Gasteiger charge is -2.13. The van der Waals surface area contributed by atoms with Crippen LogP contribution in [-0.2, 0) is 0 Å². The van der Waals surface area contributed by atoms with E-state index in [9.17, 15) is 0 Å². The van der Waals surface area contributed by atoms with E-state index >= 15 is 0 Å². The summed E-state index contributed by atoms with van der Waals surface area (Å²) in [4.78, 5) is 4.45. The van der Waals surface area contributed by atoms with Crippen molar-refractivity contribution in [2.75, 3.05) is 17.2 Å². The van der Waals surface area contributed by atoms with Crippen molar-refractivity contribution in [3.05, 3.63) is 45.9 Å². The minimum Gasteiger partial charge on any atom is -0.369 e. The van der Waals surface area contributed by atoms with E-state index < -0.39 is 0 Å². The highest BCUT2D eigenvalue weighted by Gasteiger charge is 2.09. The Morgan fingerprint density at radius 3 is 2.48 bits per heavy atom. The van der Waals surface area contributed by atoms with Crippen LogP contribution in [0.4, 0.5) is 17.3 Å². The second-order valence-corrected chi connectivity index (χ2v) is 5.90. The summed E-state index contributed by atoms with van der Waals surface area (Å²) in [5.74, 6) is 1.70. The normalized spacial score (nSPS) is 10.8. The lowest BCUT2D eigenvalue weighted by atomic mass is 10.0. The van der Waals surface area contributed by atoms with Crippen molar-refractivity contribution in [3.8, 4) is 0 Å². The summed E-state index contributed by atoms with van der Waals surface area (Å²) in [6, 6.07) is 9.92. The number of nitrogens with one attached hydrogen (secondary N) is 2. The summed E-state index contributed by atoms with van der Waals surface area (Å²) in [6.07, 6.45) is 0. The Hall–Kier alpha value is -1.45. The molecule has 1 aromatic heterocycles. The highest BCUT2D eigenvalue weighted by atomic mass is 35.5. The standard InChI is InChI=1S/C16H19Cl2N3/c1-4-19-15-13(17)9-14(18)16(21-15)20-12-7-5-6-11(8-12)10(2)3/h5-10H,4H2,1-3H3,(H2,19,20,21). The van der Waals surface area contributed by atoms with E-state index in [1.54, 1.807) is 6.07 Å². The van der Waals surface area contributed by atoms with Crippen LogP contribution in [-0.4, -0.2) is 11.5 Å². The molecular weight excluding hydrogens is 305 g/mol. The van der Waals surface area contributed by atoms with Gasteiger partial charge in [-0.1, -0.05) is 49.2 Å². The van der Waals surface area contributed by atoms with Crippen molar-refractivity contribution in [2.45, 2.75) is 26.7 Å². The highest BCUT2D eigenvalue weighted by molar-refractivity contribution is 6.37. The van der Waals surface area contributed by atoms with Crippen molar-refractivity contribution < 1.29 is 0 Å². The molecule has 2 rings (SSSR count). The first-order chi connectivity index (χ1) is 10.0. The number of aromatic nitrogens is 1. The Bertz CT molecular complexity index is 627. The van der Waals surface area contributed by atoms with Gasteiger partial charge in [-0.25, -0.2) is 4.98 Å². The molecule has 21 heavy (non-hydrogen) atoms. The monoisotopic (exact) mass is 323 g/mol. The fraction of sp³-hybridized carbons (Fsp3) is 0.312. The molecule has 0 atom stereocenters. The van der Waals surface area contributed by atoms with E-state index in [4.69, 9.17) is 23.2 Å². The maximum Gasteiger partial charge on any atom is 0.151 e. The number of benzene rings is 1. The van der Waals surface area contributed by atoms with Crippen LogP contribution in [0.1, 0.15) is 32.3 Å². The van der Waals surface area contributed by atoms with Crippen LogP contribution >= 0.6 is 23.2 Å². The van der Waals surface area contributed by atoms with Gasteiger partial charge in [0.1, 0.15) is 5.82 Å². The molecule has 0 saturated carbocycles. The first-order valence-corrected chi connectivity index (χ1v) is 7.73. The molecule has 2 aromatic rings. The Morgan fingerprint density at radius 2 is 1.81 bits per heavy atom. The Balaban J connectivity index is 2.30. The fourth-order valence-electron chi connectivity index (χ4n) is 1.96. The quantitative estimate of drug-likeness (QED) is 0.742. The second kappa shape index (κ2) is 7.01. The number of hydrogen-bond donors (Lipinski definition) is 2. The molecular formula is C16H19Cl2N3. The van der Waals surface area contributed by atoms with Crippen LogP contribution < -0.4 is 10.6 Å². The summed E-state index contributed by atoms with van der Waals surface area (Å²) < 4.78 is 0. The Kier molecular flexibility index (Phi) is 5.32. The van der Waals surface area contributed by atoms with Gasteiger partial charge in [0.2, 0.25) is 0 Å². The molecule has 0 amide bonds. The van der Waals surface area contributed by atoms with Gasteiger partial charge < -0.3 is 10.6 Å². The Morgan fingerprint density at radius 1 is 1.10 bits per heavy atom. The fourth-order valence-corrected chi connectivity index (χ4v) is 2.43. The molecule has 0 radical (unpaired) electrons. The minimum atomic E-state index is 0.470. The number of nitrogens with zero attached hydrogens (tertiary/aromatic N) is 1. The summed E-state index contributed by atoms with van der Waals surface area (Å²) in [5.41, 5.74) is 2.22. The Labute approximate surface area is 135 Å². The molecule has 3 nitrogen and oxygen atoms in total. The van der Waals surface area contributed by atoms with E-state index in [0.29, 0.717) is 27.6 Å². The largest absolute Gasteiger partial charge is 0.369 e. The van der Waals surface area contributed by atoms with Crippen LogP contribution in [0.3, 0.4) is 0 Å². The average molecular weight is 324 g/mol. The third-order valence-corrected chi connectivity index (χ3v) is 3.67. The predicted molar refractivity (Wildman–Crippen MR) is 92.2 cm³/mol. The molecule has 0 spiro atoms. The summed E-state index contributed by atoms with van der Waals surface area (Å²) in [6.45, 7) is 7.06. The SMILES string of the molecule is CCNc1nc(Nc2cccc(C(C)C)c2)c(Cl)cc1Cl. The number of hydrogen-bond acceptors (Lipinski definition) is 3. The second-order valence-electron chi connectivity index (χ2n) is 5.08. The molecule has 0 saturated heterocycles. The molecule has 0 bridgehead atoms. The smallest absolute Gasteiger partial charge is 0.151 e. The van der Waals surface area contributed by atoms with E-state index in [0.717, 1.165) is 12.2 Å². The average Bonchev–Trinajstić information content (AvgIpc) is 2.44. The third-order valence-electron chi connectivity index (χ3n) is 3.09. The number of halogens is 2. The molecule has 0 unspecified atom stereocenters. The lowest BCUT2D eigenvalue weighted by molar-refractivity contribution is 0.867. The summed E-state index contributed by atoms with van der Waals surface area (Å²) in [5, 5.41) is 7.38. The minimum absolute atomic E-state index is 0.470. The molecule has 112 valence electrons. The van der Waals surface area contributed by atoms with Gasteiger partial charge in [0.25, 0.3) is 0 Å². The van der Waals surface area contributed by atoms with Crippen LogP contribution in [0.2, 0.25) is 10.0 Å². The lowest BCUT2D eigenvalue weighted by Crippen LogP contribution is -2.03. The maximum absolute atomic E-state index is 6.22. The molecule has 0 aliphatic heterocycles. The van der Waals surface area contributed by atoms with Crippen LogP contribution in [0, 0.1) is 0 Å². The molecule has 0 aliphatic carbocycles. The van der Waals surface area contributed by atoms with Crippen molar-refractivity contribution in [3.63, 3.8) is 0 Å². The third kappa shape index (κ3) is 4.02.